The Morgan fingerprint density at radius 1 is 1.04 bits per heavy atom. The summed E-state index contributed by atoms with van der Waals surface area (Å²) in [5.41, 5.74) is 9.14. The molecule has 27 heavy (non-hydrogen) atoms. The van der Waals surface area contributed by atoms with E-state index in [1.54, 1.807) is 6.20 Å². The third-order valence-electron chi connectivity index (χ3n) is 4.68. The molecule has 0 amide bonds. The maximum absolute atomic E-state index is 5.82. The fraction of sp³-hybridized carbons (Fsp3) is 0.238. The molecule has 1 aromatic heterocycles. The van der Waals surface area contributed by atoms with Gasteiger partial charge in [-0.25, -0.2) is 4.98 Å². The molecule has 3 aromatic rings. The first-order valence-electron chi connectivity index (χ1n) is 9.01. The molecule has 0 saturated heterocycles. The maximum atomic E-state index is 5.82. The number of fused-ring (bicyclic) bond motifs is 1. The van der Waals surface area contributed by atoms with Gasteiger partial charge in [0.15, 0.2) is 11.5 Å². The molecule has 0 radical (unpaired) electrons. The van der Waals surface area contributed by atoms with Crippen molar-refractivity contribution >= 4 is 11.8 Å². The lowest BCUT2D eigenvalue weighted by Crippen LogP contribution is -2.12. The van der Waals surface area contributed by atoms with Gasteiger partial charge in [-0.1, -0.05) is 42.5 Å². The van der Waals surface area contributed by atoms with Crippen molar-refractivity contribution in [1.29, 1.82) is 0 Å². The van der Waals surface area contributed by atoms with Gasteiger partial charge in [0.25, 0.3) is 0 Å². The van der Waals surface area contributed by atoms with Crippen LogP contribution in [0.4, 0.5) is 11.8 Å². The smallest absolute Gasteiger partial charge is 0.231 e. The number of hydrogen-bond acceptors (Lipinski definition) is 6. The predicted molar refractivity (Wildman–Crippen MR) is 105 cm³/mol. The van der Waals surface area contributed by atoms with Crippen LogP contribution in [0.15, 0.2) is 54.7 Å². The number of benzene rings is 2. The summed E-state index contributed by atoms with van der Waals surface area (Å²) in [4.78, 5) is 8.60. The summed E-state index contributed by atoms with van der Waals surface area (Å²) in [5.74, 6) is 2.67. The number of nitrogens with zero attached hydrogens (tertiary/aromatic N) is 2. The molecule has 138 valence electrons. The van der Waals surface area contributed by atoms with Gasteiger partial charge in [0.05, 0.1) is 0 Å². The number of nitrogens with one attached hydrogen (secondary N) is 1. The number of aryl methyl sites for hydroxylation is 2. The summed E-state index contributed by atoms with van der Waals surface area (Å²) >= 11 is 0. The van der Waals surface area contributed by atoms with Gasteiger partial charge in [-0.15, -0.1) is 0 Å². The molecule has 1 unspecified atom stereocenters. The summed E-state index contributed by atoms with van der Waals surface area (Å²) in [7, 11) is 0. The number of aromatic nitrogens is 2. The van der Waals surface area contributed by atoms with Gasteiger partial charge in [-0.2, -0.15) is 4.98 Å². The first-order valence-corrected chi connectivity index (χ1v) is 9.01. The largest absolute Gasteiger partial charge is 0.454 e. The number of para-hydroxylation sites is 1. The second kappa shape index (κ2) is 7.53. The van der Waals surface area contributed by atoms with Crippen molar-refractivity contribution in [1.82, 2.24) is 9.97 Å². The Kier molecular flexibility index (Phi) is 4.78. The summed E-state index contributed by atoms with van der Waals surface area (Å²) in [6, 6.07) is 16.3. The fourth-order valence-electron chi connectivity index (χ4n) is 3.22. The van der Waals surface area contributed by atoms with Gasteiger partial charge in [0.2, 0.25) is 12.7 Å². The van der Waals surface area contributed by atoms with E-state index in [-0.39, 0.29) is 18.8 Å². The van der Waals surface area contributed by atoms with Crippen molar-refractivity contribution < 1.29 is 9.47 Å². The van der Waals surface area contributed by atoms with E-state index in [2.05, 4.69) is 40.4 Å². The molecular weight excluding hydrogens is 340 g/mol. The quantitative estimate of drug-likeness (QED) is 0.695. The Balaban J connectivity index is 1.52. The molecule has 6 heteroatoms. The van der Waals surface area contributed by atoms with E-state index in [1.807, 2.05) is 30.3 Å². The van der Waals surface area contributed by atoms with Crippen LogP contribution in [0.2, 0.25) is 0 Å². The van der Waals surface area contributed by atoms with Gasteiger partial charge in [-0.3, -0.25) is 0 Å². The van der Waals surface area contributed by atoms with E-state index in [1.165, 1.54) is 5.56 Å². The molecule has 2 heterocycles. The lowest BCUT2D eigenvalue weighted by atomic mass is 10.0. The molecule has 6 nitrogen and oxygen atoms in total. The van der Waals surface area contributed by atoms with E-state index in [9.17, 15) is 0 Å². The number of nitrogen functional groups attached to an aromatic ring is 1. The van der Waals surface area contributed by atoms with Crippen LogP contribution in [0.1, 0.15) is 29.7 Å². The maximum Gasteiger partial charge on any atom is 0.231 e. The van der Waals surface area contributed by atoms with E-state index < -0.39 is 0 Å². The first kappa shape index (κ1) is 17.1. The van der Waals surface area contributed by atoms with Crippen molar-refractivity contribution in [3.63, 3.8) is 0 Å². The summed E-state index contributed by atoms with van der Waals surface area (Å²) in [6.07, 6.45) is 3.36. The normalized spacial score (nSPS) is 13.4. The first-order chi connectivity index (χ1) is 13.2. The minimum atomic E-state index is 0.108. The summed E-state index contributed by atoms with van der Waals surface area (Å²) in [6.45, 7) is 2.38. The highest BCUT2D eigenvalue weighted by Crippen LogP contribution is 2.36. The van der Waals surface area contributed by atoms with Gasteiger partial charge >= 0.3 is 0 Å². The molecular formula is C21H22N4O2. The van der Waals surface area contributed by atoms with Crippen molar-refractivity contribution in [2.45, 2.75) is 25.8 Å². The van der Waals surface area contributed by atoms with Crippen LogP contribution in [-0.2, 0) is 12.8 Å². The average molecular weight is 362 g/mol. The molecule has 1 aliphatic heterocycles. The number of anilines is 2. The third kappa shape index (κ3) is 3.79. The SMILES string of the molecule is CC(Nc1nc(N)ncc1CCc1cccc2c1OCO2)c1ccccc1. The van der Waals surface area contributed by atoms with E-state index >= 15 is 0 Å². The van der Waals surface area contributed by atoms with Crippen molar-refractivity contribution in [2.24, 2.45) is 0 Å². The summed E-state index contributed by atoms with van der Waals surface area (Å²) < 4.78 is 11.1. The molecule has 4 rings (SSSR count). The lowest BCUT2D eigenvalue weighted by Gasteiger charge is -2.18. The summed E-state index contributed by atoms with van der Waals surface area (Å²) in [5, 5.41) is 3.47. The lowest BCUT2D eigenvalue weighted by molar-refractivity contribution is 0.173. The topological polar surface area (TPSA) is 82.3 Å². The average Bonchev–Trinajstić information content (AvgIpc) is 3.17. The Morgan fingerprint density at radius 2 is 1.85 bits per heavy atom. The van der Waals surface area contributed by atoms with Crippen LogP contribution in [-0.4, -0.2) is 16.8 Å². The van der Waals surface area contributed by atoms with Crippen molar-refractivity contribution in [2.75, 3.05) is 17.8 Å². The van der Waals surface area contributed by atoms with E-state index in [0.717, 1.165) is 41.3 Å². The van der Waals surface area contributed by atoms with Crippen LogP contribution in [0.3, 0.4) is 0 Å². The monoisotopic (exact) mass is 362 g/mol. The standard InChI is InChI=1S/C21H22N4O2/c1-14(15-6-3-2-4-7-15)24-20-17(12-23-21(22)25-20)11-10-16-8-5-9-18-19(16)27-13-26-18/h2-9,12,14H,10-11,13H2,1H3,(H3,22,23,24,25). The van der Waals surface area contributed by atoms with Gasteiger partial charge < -0.3 is 20.5 Å². The molecule has 0 aliphatic carbocycles. The van der Waals surface area contributed by atoms with Crippen LogP contribution in [0, 0.1) is 0 Å². The zero-order valence-corrected chi connectivity index (χ0v) is 15.2. The minimum absolute atomic E-state index is 0.108. The number of nitrogens with two attached hydrogens (primary N) is 1. The Bertz CT molecular complexity index is 931. The zero-order valence-electron chi connectivity index (χ0n) is 15.2. The highest BCUT2D eigenvalue weighted by atomic mass is 16.7. The molecule has 0 saturated carbocycles. The van der Waals surface area contributed by atoms with Crippen LogP contribution in [0.25, 0.3) is 0 Å². The Hall–Kier alpha value is -3.28. The highest BCUT2D eigenvalue weighted by Gasteiger charge is 2.18. The predicted octanol–water partition coefficient (Wildman–Crippen LogP) is 3.75. The van der Waals surface area contributed by atoms with Crippen LogP contribution in [0.5, 0.6) is 11.5 Å². The van der Waals surface area contributed by atoms with Gasteiger partial charge in [-0.05, 0) is 37.0 Å². The van der Waals surface area contributed by atoms with Crippen LogP contribution < -0.4 is 20.5 Å². The second-order valence-corrected chi connectivity index (χ2v) is 6.53. The van der Waals surface area contributed by atoms with Crippen molar-refractivity contribution in [3.8, 4) is 11.5 Å². The molecule has 0 bridgehead atoms. The van der Waals surface area contributed by atoms with Gasteiger partial charge in [0, 0.05) is 17.8 Å². The molecule has 1 atom stereocenters. The number of rotatable bonds is 6. The van der Waals surface area contributed by atoms with Crippen LogP contribution >= 0.6 is 0 Å². The minimum Gasteiger partial charge on any atom is -0.454 e. The van der Waals surface area contributed by atoms with Gasteiger partial charge in [0.1, 0.15) is 5.82 Å². The molecule has 3 N–H and O–H groups in total. The highest BCUT2D eigenvalue weighted by molar-refractivity contribution is 5.51. The number of hydrogen-bond donors (Lipinski definition) is 2. The molecule has 2 aromatic carbocycles. The van der Waals surface area contributed by atoms with E-state index in [0.29, 0.717) is 0 Å². The second-order valence-electron chi connectivity index (χ2n) is 6.53. The molecule has 1 aliphatic rings. The van der Waals surface area contributed by atoms with E-state index in [4.69, 9.17) is 15.2 Å². The zero-order chi connectivity index (χ0) is 18.6. The van der Waals surface area contributed by atoms with Crippen molar-refractivity contribution in [3.05, 3.63) is 71.4 Å². The molecule has 0 fully saturated rings. The Morgan fingerprint density at radius 3 is 2.70 bits per heavy atom. The Labute approximate surface area is 158 Å². The molecule has 0 spiro atoms. The fourth-order valence-corrected chi connectivity index (χ4v) is 3.22. The third-order valence-corrected chi connectivity index (χ3v) is 4.68. The number of ether oxygens (including phenoxy) is 2.